The van der Waals surface area contributed by atoms with Crippen LogP contribution in [0.1, 0.15) is 70.7 Å². The molecule has 2 N–H and O–H groups in total. The van der Waals surface area contributed by atoms with Crippen LogP contribution in [0.15, 0.2) is 36.4 Å². The molecular formula is C25H30N2O5. The summed E-state index contributed by atoms with van der Waals surface area (Å²) in [4.78, 5) is 40.2. The maximum absolute atomic E-state index is 12.1. The van der Waals surface area contributed by atoms with Crippen LogP contribution in [-0.4, -0.2) is 33.5 Å². The zero-order valence-corrected chi connectivity index (χ0v) is 19.0. The van der Waals surface area contributed by atoms with Crippen molar-refractivity contribution < 1.29 is 24.2 Å². The smallest absolute Gasteiger partial charge is 0.408 e. The van der Waals surface area contributed by atoms with Gasteiger partial charge in [-0.1, -0.05) is 30.4 Å². The molecule has 1 amide bonds. The number of aromatic nitrogens is 1. The second kappa shape index (κ2) is 9.10. The van der Waals surface area contributed by atoms with Gasteiger partial charge in [0.15, 0.2) is 0 Å². The van der Waals surface area contributed by atoms with E-state index in [0.717, 1.165) is 16.5 Å². The SMILES string of the molecule is CC(NC(=O)OC(C)(C)C)c1ccc2ccc(C=CC3(C(=O)O)CCC(=O)CC3)cc2n1. The van der Waals surface area contributed by atoms with E-state index >= 15 is 0 Å². The summed E-state index contributed by atoms with van der Waals surface area (Å²) < 4.78 is 5.31. The molecule has 0 spiro atoms. The van der Waals surface area contributed by atoms with Crippen molar-refractivity contribution in [3.8, 4) is 0 Å². The molecule has 0 aliphatic heterocycles. The highest BCUT2D eigenvalue weighted by atomic mass is 16.6. The predicted molar refractivity (Wildman–Crippen MR) is 122 cm³/mol. The summed E-state index contributed by atoms with van der Waals surface area (Å²) in [5.74, 6) is -0.781. The van der Waals surface area contributed by atoms with Gasteiger partial charge in [0.05, 0.1) is 22.7 Å². The largest absolute Gasteiger partial charge is 0.481 e. The fraction of sp³-hybridized carbons (Fsp3) is 0.440. The molecule has 0 radical (unpaired) electrons. The van der Waals surface area contributed by atoms with Gasteiger partial charge in [-0.05, 0) is 58.2 Å². The van der Waals surface area contributed by atoms with Crippen molar-refractivity contribution in [3.63, 3.8) is 0 Å². The van der Waals surface area contributed by atoms with E-state index in [0.29, 0.717) is 31.4 Å². The van der Waals surface area contributed by atoms with E-state index in [2.05, 4.69) is 10.3 Å². The Bertz CT molecular complexity index is 1060. The van der Waals surface area contributed by atoms with Crippen molar-refractivity contribution in [2.75, 3.05) is 0 Å². The summed E-state index contributed by atoms with van der Waals surface area (Å²) in [6.07, 6.45) is 4.22. The number of benzene rings is 1. The standard InChI is InChI=1S/C25H30N2O5/c1-16(26-23(31)32-24(2,3)4)20-8-7-18-6-5-17(15-21(18)27-20)9-12-25(22(29)30)13-10-19(28)11-14-25/h5-9,12,15-16H,10-11,13-14H2,1-4H3,(H,26,31)(H,29,30). The molecule has 1 aromatic carbocycles. The minimum Gasteiger partial charge on any atom is -0.481 e. The average molecular weight is 439 g/mol. The summed E-state index contributed by atoms with van der Waals surface area (Å²) in [7, 11) is 0. The van der Waals surface area contributed by atoms with Crippen molar-refractivity contribution in [2.24, 2.45) is 5.41 Å². The first-order valence-electron chi connectivity index (χ1n) is 10.8. The van der Waals surface area contributed by atoms with Crippen molar-refractivity contribution >= 4 is 34.8 Å². The first-order valence-corrected chi connectivity index (χ1v) is 10.8. The number of amides is 1. The number of carbonyl (C=O) groups is 3. The Morgan fingerprint density at radius 3 is 2.47 bits per heavy atom. The van der Waals surface area contributed by atoms with Crippen molar-refractivity contribution in [1.29, 1.82) is 0 Å². The first kappa shape index (κ1) is 23.4. The van der Waals surface area contributed by atoms with E-state index in [9.17, 15) is 19.5 Å². The zero-order valence-electron chi connectivity index (χ0n) is 19.0. The van der Waals surface area contributed by atoms with Crippen LogP contribution in [0.3, 0.4) is 0 Å². The average Bonchev–Trinajstić information content (AvgIpc) is 2.71. The van der Waals surface area contributed by atoms with Gasteiger partial charge in [-0.25, -0.2) is 4.79 Å². The number of aliphatic carboxylic acids is 1. The number of ether oxygens (including phenoxy) is 1. The lowest BCUT2D eigenvalue weighted by Crippen LogP contribution is -2.34. The van der Waals surface area contributed by atoms with Crippen LogP contribution in [0.2, 0.25) is 0 Å². The van der Waals surface area contributed by atoms with Gasteiger partial charge in [-0.3, -0.25) is 14.6 Å². The highest BCUT2D eigenvalue weighted by Gasteiger charge is 2.39. The Labute approximate surface area is 187 Å². The van der Waals surface area contributed by atoms with Gasteiger partial charge in [-0.15, -0.1) is 0 Å². The number of carbonyl (C=O) groups excluding carboxylic acids is 2. The molecule has 1 aromatic heterocycles. The highest BCUT2D eigenvalue weighted by molar-refractivity contribution is 5.86. The zero-order chi connectivity index (χ0) is 23.5. The van der Waals surface area contributed by atoms with Crippen LogP contribution in [-0.2, 0) is 14.3 Å². The van der Waals surface area contributed by atoms with Crippen molar-refractivity contribution in [1.82, 2.24) is 10.3 Å². The van der Waals surface area contributed by atoms with Gasteiger partial charge in [0.1, 0.15) is 11.4 Å². The molecule has 1 unspecified atom stereocenters. The number of fused-ring (bicyclic) bond motifs is 1. The summed E-state index contributed by atoms with van der Waals surface area (Å²) in [5.41, 5.74) is 0.667. The summed E-state index contributed by atoms with van der Waals surface area (Å²) in [6, 6.07) is 9.17. The molecular weight excluding hydrogens is 408 g/mol. The van der Waals surface area contributed by atoms with Crippen molar-refractivity contribution in [3.05, 3.63) is 47.7 Å². The number of ketones is 1. The van der Waals surface area contributed by atoms with Crippen LogP contribution in [0, 0.1) is 5.41 Å². The van der Waals surface area contributed by atoms with Crippen LogP contribution >= 0.6 is 0 Å². The Hall–Kier alpha value is -3.22. The molecule has 0 saturated heterocycles. The minimum atomic E-state index is -1.01. The van der Waals surface area contributed by atoms with Crippen LogP contribution in [0.5, 0.6) is 0 Å². The molecule has 1 atom stereocenters. The monoisotopic (exact) mass is 438 g/mol. The number of nitrogens with zero attached hydrogens (tertiary/aromatic N) is 1. The van der Waals surface area contributed by atoms with E-state index in [1.54, 1.807) is 32.9 Å². The molecule has 7 heteroatoms. The molecule has 1 aliphatic rings. The summed E-state index contributed by atoms with van der Waals surface area (Å²) in [5, 5.41) is 13.5. The third-order valence-electron chi connectivity index (χ3n) is 5.64. The maximum atomic E-state index is 12.1. The Morgan fingerprint density at radius 1 is 1.19 bits per heavy atom. The maximum Gasteiger partial charge on any atom is 0.408 e. The second-order valence-electron chi connectivity index (χ2n) is 9.39. The lowest BCUT2D eigenvalue weighted by atomic mass is 9.73. The Morgan fingerprint density at radius 2 is 1.84 bits per heavy atom. The summed E-state index contributed by atoms with van der Waals surface area (Å²) in [6.45, 7) is 7.25. The fourth-order valence-corrected chi connectivity index (χ4v) is 3.74. The lowest BCUT2D eigenvalue weighted by molar-refractivity contribution is -0.148. The van der Waals surface area contributed by atoms with Crippen LogP contribution < -0.4 is 5.32 Å². The molecule has 1 fully saturated rings. The van der Waals surface area contributed by atoms with Gasteiger partial charge < -0.3 is 15.2 Å². The molecule has 7 nitrogen and oxygen atoms in total. The van der Waals surface area contributed by atoms with Crippen LogP contribution in [0.4, 0.5) is 4.79 Å². The van der Waals surface area contributed by atoms with Gasteiger partial charge in [0.25, 0.3) is 0 Å². The third kappa shape index (κ3) is 5.72. The quantitative estimate of drug-likeness (QED) is 0.677. The number of hydrogen-bond donors (Lipinski definition) is 2. The molecule has 170 valence electrons. The number of pyridine rings is 1. The normalized spacial score (nSPS) is 17.3. The van der Waals surface area contributed by atoms with Gasteiger partial charge >= 0.3 is 12.1 Å². The minimum absolute atomic E-state index is 0.117. The molecule has 1 saturated carbocycles. The molecule has 2 aromatic rings. The number of nitrogens with one attached hydrogen (secondary N) is 1. The molecule has 0 bridgehead atoms. The Balaban J connectivity index is 1.80. The second-order valence-corrected chi connectivity index (χ2v) is 9.39. The molecule has 32 heavy (non-hydrogen) atoms. The van der Waals surface area contributed by atoms with E-state index in [4.69, 9.17) is 4.74 Å². The van der Waals surface area contributed by atoms with Crippen molar-refractivity contribution in [2.45, 2.75) is 65.0 Å². The Kier molecular flexibility index (Phi) is 6.67. The predicted octanol–water partition coefficient (Wildman–Crippen LogP) is 5.05. The van der Waals surface area contributed by atoms with E-state index < -0.39 is 23.1 Å². The molecule has 3 rings (SSSR count). The number of hydrogen-bond acceptors (Lipinski definition) is 5. The lowest BCUT2D eigenvalue weighted by Gasteiger charge is -2.29. The van der Waals surface area contributed by atoms with Crippen LogP contribution in [0.25, 0.3) is 17.0 Å². The van der Waals surface area contributed by atoms with E-state index in [1.807, 2.05) is 37.3 Å². The van der Waals surface area contributed by atoms with Gasteiger partial charge in [0, 0.05) is 18.2 Å². The number of alkyl carbamates (subject to hydrolysis) is 1. The van der Waals surface area contributed by atoms with Gasteiger partial charge in [0.2, 0.25) is 0 Å². The fourth-order valence-electron chi connectivity index (χ4n) is 3.74. The number of carboxylic acids is 1. The summed E-state index contributed by atoms with van der Waals surface area (Å²) >= 11 is 0. The topological polar surface area (TPSA) is 106 Å². The number of rotatable bonds is 5. The number of Topliss-reactive ketones (excluding diaryl/α,β-unsaturated/α-hetero) is 1. The molecule has 1 aliphatic carbocycles. The highest BCUT2D eigenvalue weighted by Crippen LogP contribution is 2.37. The first-order chi connectivity index (χ1) is 15.0. The van der Waals surface area contributed by atoms with E-state index in [-0.39, 0.29) is 11.8 Å². The van der Waals surface area contributed by atoms with Gasteiger partial charge in [-0.2, -0.15) is 0 Å². The molecule has 1 heterocycles. The van der Waals surface area contributed by atoms with E-state index in [1.165, 1.54) is 0 Å². The third-order valence-corrected chi connectivity index (χ3v) is 5.64. The number of carboxylic acid groups (broad SMARTS) is 1.